The Morgan fingerprint density at radius 3 is 2.52 bits per heavy atom. The van der Waals surface area contributed by atoms with E-state index in [1.54, 1.807) is 25.3 Å². The topological polar surface area (TPSA) is 111 Å². The van der Waals surface area contributed by atoms with Gasteiger partial charge in [-0.3, -0.25) is 10.1 Å². The molecular formula is C18H23N5O4. The Bertz CT molecular complexity index is 808. The number of aromatic nitrogens is 2. The third kappa shape index (κ3) is 4.36. The molecule has 9 heteroatoms. The second-order valence-corrected chi connectivity index (χ2v) is 6.35. The number of hydrogen-bond donors (Lipinski definition) is 2. The van der Waals surface area contributed by atoms with Gasteiger partial charge >= 0.3 is 5.69 Å². The molecule has 3 rings (SSSR count). The summed E-state index contributed by atoms with van der Waals surface area (Å²) in [5, 5.41) is 17.9. The first kappa shape index (κ1) is 18.7. The van der Waals surface area contributed by atoms with Crippen LogP contribution in [0.2, 0.25) is 0 Å². The Morgan fingerprint density at radius 2 is 1.85 bits per heavy atom. The minimum absolute atomic E-state index is 0.108. The highest BCUT2D eigenvalue weighted by Crippen LogP contribution is 2.36. The van der Waals surface area contributed by atoms with Crippen LogP contribution in [0.5, 0.6) is 11.5 Å². The number of benzene rings is 1. The van der Waals surface area contributed by atoms with Crippen LogP contribution in [0.1, 0.15) is 32.1 Å². The summed E-state index contributed by atoms with van der Waals surface area (Å²) in [4.78, 5) is 19.4. The van der Waals surface area contributed by atoms with Gasteiger partial charge in [-0.1, -0.05) is 19.3 Å². The lowest BCUT2D eigenvalue weighted by Crippen LogP contribution is -2.23. The Morgan fingerprint density at radius 1 is 1.11 bits per heavy atom. The number of rotatable bonds is 7. The van der Waals surface area contributed by atoms with E-state index in [-0.39, 0.29) is 23.4 Å². The molecule has 1 aromatic carbocycles. The summed E-state index contributed by atoms with van der Waals surface area (Å²) in [6.45, 7) is 0. The summed E-state index contributed by atoms with van der Waals surface area (Å²) in [5.74, 6) is 1.45. The van der Waals surface area contributed by atoms with Gasteiger partial charge in [0.05, 0.1) is 24.8 Å². The van der Waals surface area contributed by atoms with E-state index in [2.05, 4.69) is 20.6 Å². The summed E-state index contributed by atoms with van der Waals surface area (Å²) in [6.07, 6.45) is 6.71. The minimum atomic E-state index is -0.469. The van der Waals surface area contributed by atoms with Crippen LogP contribution in [0.4, 0.5) is 23.0 Å². The van der Waals surface area contributed by atoms with Crippen LogP contribution in [-0.4, -0.2) is 35.2 Å². The number of methoxy groups -OCH3 is 2. The third-order valence-electron chi connectivity index (χ3n) is 4.61. The second-order valence-electron chi connectivity index (χ2n) is 6.35. The number of ether oxygens (including phenoxy) is 2. The first-order valence-corrected chi connectivity index (χ1v) is 8.87. The van der Waals surface area contributed by atoms with E-state index < -0.39 is 4.92 Å². The van der Waals surface area contributed by atoms with Crippen LogP contribution in [0.3, 0.4) is 0 Å². The molecule has 27 heavy (non-hydrogen) atoms. The number of nitrogens with one attached hydrogen (secondary N) is 2. The molecule has 1 aromatic heterocycles. The van der Waals surface area contributed by atoms with Crippen molar-refractivity contribution in [3.8, 4) is 11.5 Å². The predicted octanol–water partition coefficient (Wildman–Crippen LogP) is 3.89. The normalized spacial score (nSPS) is 14.4. The van der Waals surface area contributed by atoms with E-state index >= 15 is 0 Å². The fraction of sp³-hybridized carbons (Fsp3) is 0.444. The van der Waals surface area contributed by atoms with Crippen LogP contribution in [0.25, 0.3) is 0 Å². The van der Waals surface area contributed by atoms with E-state index in [0.717, 1.165) is 25.7 Å². The lowest BCUT2D eigenvalue weighted by Gasteiger charge is -2.23. The van der Waals surface area contributed by atoms with Gasteiger partial charge in [-0.05, 0) is 25.0 Å². The summed E-state index contributed by atoms with van der Waals surface area (Å²) in [6, 6.07) is 5.34. The molecule has 1 aliphatic rings. The van der Waals surface area contributed by atoms with Gasteiger partial charge in [0.1, 0.15) is 17.8 Å². The van der Waals surface area contributed by atoms with Crippen molar-refractivity contribution in [3.05, 3.63) is 34.6 Å². The average molecular weight is 373 g/mol. The zero-order valence-corrected chi connectivity index (χ0v) is 15.4. The SMILES string of the molecule is COc1ccc(Nc2ncnc(NC3CCCCC3)c2[N+](=O)[O-])c(OC)c1. The van der Waals surface area contributed by atoms with Gasteiger partial charge in [-0.25, -0.2) is 9.97 Å². The van der Waals surface area contributed by atoms with Gasteiger partial charge in [0.2, 0.25) is 11.6 Å². The molecule has 0 aliphatic heterocycles. The number of nitro groups is 1. The van der Waals surface area contributed by atoms with E-state index in [1.165, 1.54) is 19.9 Å². The maximum Gasteiger partial charge on any atom is 0.353 e. The number of hydrogen-bond acceptors (Lipinski definition) is 8. The first-order valence-electron chi connectivity index (χ1n) is 8.87. The van der Waals surface area contributed by atoms with Gasteiger partial charge in [0.15, 0.2) is 0 Å². The summed E-state index contributed by atoms with van der Waals surface area (Å²) < 4.78 is 10.5. The van der Waals surface area contributed by atoms with Crippen LogP contribution < -0.4 is 20.1 Å². The molecule has 1 fully saturated rings. The largest absolute Gasteiger partial charge is 0.497 e. The standard InChI is InChI=1S/C18H23N5O4/c1-26-13-8-9-14(15(10-13)27-2)22-18-16(23(24)25)17(19-11-20-18)21-12-6-4-3-5-7-12/h8-12H,3-7H2,1-2H3,(H2,19,20,21,22). The highest BCUT2D eigenvalue weighted by molar-refractivity contribution is 5.76. The highest BCUT2D eigenvalue weighted by atomic mass is 16.6. The molecular weight excluding hydrogens is 350 g/mol. The van der Waals surface area contributed by atoms with Crippen molar-refractivity contribution in [2.75, 3.05) is 24.9 Å². The zero-order valence-electron chi connectivity index (χ0n) is 15.4. The van der Waals surface area contributed by atoms with Gasteiger partial charge in [-0.15, -0.1) is 0 Å². The first-order chi connectivity index (χ1) is 13.1. The zero-order chi connectivity index (χ0) is 19.2. The van der Waals surface area contributed by atoms with Crippen molar-refractivity contribution in [2.24, 2.45) is 0 Å². The van der Waals surface area contributed by atoms with Gasteiger partial charge in [0.25, 0.3) is 0 Å². The summed E-state index contributed by atoms with van der Waals surface area (Å²) in [7, 11) is 3.07. The van der Waals surface area contributed by atoms with Gasteiger partial charge in [0, 0.05) is 12.1 Å². The number of anilines is 3. The fourth-order valence-electron chi connectivity index (χ4n) is 3.22. The molecule has 1 aliphatic carbocycles. The van der Waals surface area contributed by atoms with E-state index in [9.17, 15) is 10.1 Å². The van der Waals surface area contributed by atoms with Crippen molar-refractivity contribution in [2.45, 2.75) is 38.1 Å². The van der Waals surface area contributed by atoms with Crippen molar-refractivity contribution in [1.29, 1.82) is 0 Å². The summed E-state index contributed by atoms with van der Waals surface area (Å²) in [5.41, 5.74) is 0.365. The molecule has 2 aromatic rings. The molecule has 0 atom stereocenters. The lowest BCUT2D eigenvalue weighted by atomic mass is 9.95. The molecule has 144 valence electrons. The molecule has 0 saturated heterocycles. The Labute approximate surface area is 157 Å². The minimum Gasteiger partial charge on any atom is -0.497 e. The lowest BCUT2D eigenvalue weighted by molar-refractivity contribution is -0.383. The van der Waals surface area contributed by atoms with Crippen LogP contribution in [0, 0.1) is 10.1 Å². The molecule has 0 radical (unpaired) electrons. The molecule has 1 heterocycles. The van der Waals surface area contributed by atoms with Crippen molar-refractivity contribution >= 4 is 23.0 Å². The smallest absolute Gasteiger partial charge is 0.353 e. The van der Waals surface area contributed by atoms with Gasteiger partial charge in [-0.2, -0.15) is 0 Å². The van der Waals surface area contributed by atoms with Crippen LogP contribution in [0.15, 0.2) is 24.5 Å². The maximum atomic E-state index is 11.7. The Balaban J connectivity index is 1.91. The summed E-state index contributed by atoms with van der Waals surface area (Å²) >= 11 is 0. The molecule has 0 unspecified atom stereocenters. The third-order valence-corrected chi connectivity index (χ3v) is 4.61. The molecule has 0 spiro atoms. The fourth-order valence-corrected chi connectivity index (χ4v) is 3.22. The monoisotopic (exact) mass is 373 g/mol. The van der Waals surface area contributed by atoms with Crippen molar-refractivity contribution < 1.29 is 14.4 Å². The molecule has 0 bridgehead atoms. The predicted molar refractivity (Wildman–Crippen MR) is 102 cm³/mol. The number of nitrogens with zero attached hydrogens (tertiary/aromatic N) is 3. The highest BCUT2D eigenvalue weighted by Gasteiger charge is 2.26. The molecule has 9 nitrogen and oxygen atoms in total. The van der Waals surface area contributed by atoms with E-state index in [1.807, 2.05) is 0 Å². The van der Waals surface area contributed by atoms with Gasteiger partial charge < -0.3 is 20.1 Å². The van der Waals surface area contributed by atoms with Crippen molar-refractivity contribution in [3.63, 3.8) is 0 Å². The molecule has 0 amide bonds. The average Bonchev–Trinajstić information content (AvgIpc) is 2.69. The quantitative estimate of drug-likeness (QED) is 0.555. The molecule has 2 N–H and O–H groups in total. The second kappa shape index (κ2) is 8.52. The maximum absolute atomic E-state index is 11.7. The molecule has 1 saturated carbocycles. The van der Waals surface area contributed by atoms with Crippen LogP contribution >= 0.6 is 0 Å². The van der Waals surface area contributed by atoms with Crippen LogP contribution in [-0.2, 0) is 0 Å². The van der Waals surface area contributed by atoms with E-state index in [4.69, 9.17) is 9.47 Å². The van der Waals surface area contributed by atoms with E-state index in [0.29, 0.717) is 17.2 Å². The van der Waals surface area contributed by atoms with Crippen molar-refractivity contribution in [1.82, 2.24) is 9.97 Å². The Kier molecular flexibility index (Phi) is 5.90. The Hall–Kier alpha value is -3.10.